The molecule has 2 rings (SSSR count). The van der Waals surface area contributed by atoms with Crippen LogP contribution in [0.25, 0.3) is 0 Å². The van der Waals surface area contributed by atoms with Gasteiger partial charge >= 0.3 is 0 Å². The fourth-order valence-electron chi connectivity index (χ4n) is 2.05. The molecule has 0 radical (unpaired) electrons. The second-order valence-electron chi connectivity index (χ2n) is 5.10. The number of hydrogen-bond donors (Lipinski definition) is 1. The van der Waals surface area contributed by atoms with Crippen LogP contribution in [0.5, 0.6) is 0 Å². The van der Waals surface area contributed by atoms with Crippen molar-refractivity contribution in [3.63, 3.8) is 0 Å². The molecule has 2 unspecified atom stereocenters. The van der Waals surface area contributed by atoms with Crippen LogP contribution >= 0.6 is 0 Å². The van der Waals surface area contributed by atoms with E-state index in [0.717, 1.165) is 11.3 Å². The van der Waals surface area contributed by atoms with Gasteiger partial charge in [0, 0.05) is 20.0 Å². The lowest BCUT2D eigenvalue weighted by Crippen LogP contribution is -2.37. The van der Waals surface area contributed by atoms with Crippen molar-refractivity contribution in [2.75, 3.05) is 13.6 Å². The second kappa shape index (κ2) is 6.52. The zero-order valence-electron chi connectivity index (χ0n) is 11.8. The van der Waals surface area contributed by atoms with Gasteiger partial charge in [0.2, 0.25) is 6.10 Å². The van der Waals surface area contributed by atoms with Gasteiger partial charge in [0.05, 0.1) is 11.8 Å². The van der Waals surface area contributed by atoms with E-state index in [-0.39, 0.29) is 5.91 Å². The standard InChI is InChI=1S/C15H20N2O3/c1-11(18)8-9-17(2)15(19)14-10-13(16-20-14)12-6-4-3-5-7-12/h3-7,11,14,18H,8-10H2,1-2H3. The largest absolute Gasteiger partial charge is 0.393 e. The third-order valence-corrected chi connectivity index (χ3v) is 3.31. The highest BCUT2D eigenvalue weighted by Crippen LogP contribution is 2.18. The van der Waals surface area contributed by atoms with Crippen molar-refractivity contribution >= 4 is 11.6 Å². The third-order valence-electron chi connectivity index (χ3n) is 3.31. The van der Waals surface area contributed by atoms with E-state index in [1.54, 1.807) is 18.9 Å². The van der Waals surface area contributed by atoms with Crippen molar-refractivity contribution in [3.8, 4) is 0 Å². The number of aliphatic hydroxyl groups is 1. The molecule has 1 heterocycles. The van der Waals surface area contributed by atoms with E-state index in [1.165, 1.54) is 0 Å². The summed E-state index contributed by atoms with van der Waals surface area (Å²) in [5.74, 6) is -0.0969. The van der Waals surface area contributed by atoms with Crippen LogP contribution in [0.1, 0.15) is 25.3 Å². The fraction of sp³-hybridized carbons (Fsp3) is 0.467. The Hall–Kier alpha value is -1.88. The first-order chi connectivity index (χ1) is 9.58. The molecule has 5 nitrogen and oxygen atoms in total. The predicted molar refractivity (Wildman–Crippen MR) is 76.4 cm³/mol. The minimum atomic E-state index is -0.552. The van der Waals surface area contributed by atoms with Gasteiger partial charge in [0.25, 0.3) is 5.91 Å². The van der Waals surface area contributed by atoms with E-state index >= 15 is 0 Å². The zero-order valence-corrected chi connectivity index (χ0v) is 11.8. The van der Waals surface area contributed by atoms with Crippen molar-refractivity contribution in [2.24, 2.45) is 5.16 Å². The summed E-state index contributed by atoms with van der Waals surface area (Å²) in [6, 6.07) is 9.70. The SMILES string of the molecule is CC(O)CCN(C)C(=O)C1CC(c2ccccc2)=NO1. The highest BCUT2D eigenvalue weighted by Gasteiger charge is 2.30. The Labute approximate surface area is 118 Å². The molecular formula is C15H20N2O3. The van der Waals surface area contributed by atoms with Gasteiger partial charge < -0.3 is 14.8 Å². The Bertz CT molecular complexity index is 485. The molecule has 2 atom stereocenters. The topological polar surface area (TPSA) is 62.1 Å². The van der Waals surface area contributed by atoms with E-state index in [9.17, 15) is 9.90 Å². The molecule has 0 aliphatic carbocycles. The minimum Gasteiger partial charge on any atom is -0.393 e. The van der Waals surface area contributed by atoms with Crippen LogP contribution in [0.15, 0.2) is 35.5 Å². The van der Waals surface area contributed by atoms with Gasteiger partial charge in [-0.05, 0) is 18.9 Å². The smallest absolute Gasteiger partial charge is 0.266 e. The van der Waals surface area contributed by atoms with Crippen LogP contribution in [0.4, 0.5) is 0 Å². The number of hydrogen-bond acceptors (Lipinski definition) is 4. The first kappa shape index (κ1) is 14.5. The number of rotatable bonds is 5. The Balaban J connectivity index is 1.89. The Morgan fingerprint density at radius 3 is 2.85 bits per heavy atom. The summed E-state index contributed by atoms with van der Waals surface area (Å²) in [5, 5.41) is 13.3. The van der Waals surface area contributed by atoms with Gasteiger partial charge in [0.15, 0.2) is 0 Å². The Morgan fingerprint density at radius 2 is 2.20 bits per heavy atom. The molecule has 0 bridgehead atoms. The van der Waals surface area contributed by atoms with E-state index in [0.29, 0.717) is 19.4 Å². The Kier molecular flexibility index (Phi) is 4.74. The van der Waals surface area contributed by atoms with E-state index in [1.807, 2.05) is 30.3 Å². The van der Waals surface area contributed by atoms with Crippen molar-refractivity contribution in [1.82, 2.24) is 4.90 Å². The molecular weight excluding hydrogens is 256 g/mol. The molecule has 0 fully saturated rings. The van der Waals surface area contributed by atoms with Gasteiger partial charge in [-0.2, -0.15) is 0 Å². The number of aliphatic hydroxyl groups excluding tert-OH is 1. The van der Waals surface area contributed by atoms with E-state index in [4.69, 9.17) is 4.84 Å². The molecule has 1 amide bonds. The monoisotopic (exact) mass is 276 g/mol. The summed E-state index contributed by atoms with van der Waals surface area (Å²) in [6.07, 6.45) is 0.0820. The van der Waals surface area contributed by atoms with Crippen LogP contribution < -0.4 is 0 Å². The van der Waals surface area contributed by atoms with Crippen LogP contribution in [0.2, 0.25) is 0 Å². The van der Waals surface area contributed by atoms with Gasteiger partial charge in [-0.25, -0.2) is 0 Å². The number of likely N-dealkylation sites (N-methyl/N-ethyl adjacent to an activating group) is 1. The average Bonchev–Trinajstić information content (AvgIpc) is 2.94. The molecule has 1 aromatic rings. The molecule has 0 saturated carbocycles. The fourth-order valence-corrected chi connectivity index (χ4v) is 2.05. The maximum Gasteiger partial charge on any atom is 0.266 e. The zero-order chi connectivity index (χ0) is 14.5. The molecule has 0 saturated heterocycles. The van der Waals surface area contributed by atoms with Gasteiger partial charge in [-0.3, -0.25) is 4.79 Å². The number of carbonyl (C=O) groups is 1. The number of carbonyl (C=O) groups excluding carboxylic acids is 1. The maximum absolute atomic E-state index is 12.2. The quantitative estimate of drug-likeness (QED) is 0.884. The molecule has 5 heteroatoms. The molecule has 0 aromatic heterocycles. The highest BCUT2D eigenvalue weighted by molar-refractivity contribution is 6.03. The second-order valence-corrected chi connectivity index (χ2v) is 5.10. The van der Waals surface area contributed by atoms with E-state index in [2.05, 4.69) is 5.16 Å². The molecule has 1 aliphatic rings. The van der Waals surface area contributed by atoms with Crippen LogP contribution in [-0.4, -0.2) is 47.4 Å². The molecule has 108 valence electrons. The predicted octanol–water partition coefficient (Wildman–Crippen LogP) is 1.41. The van der Waals surface area contributed by atoms with E-state index < -0.39 is 12.2 Å². The normalized spacial score (nSPS) is 19.1. The number of nitrogens with zero attached hydrogens (tertiary/aromatic N) is 2. The summed E-state index contributed by atoms with van der Waals surface area (Å²) >= 11 is 0. The molecule has 1 aromatic carbocycles. The van der Waals surface area contributed by atoms with Crippen molar-refractivity contribution in [2.45, 2.75) is 32.0 Å². The molecule has 1 aliphatic heterocycles. The number of oxime groups is 1. The lowest BCUT2D eigenvalue weighted by Gasteiger charge is -2.20. The van der Waals surface area contributed by atoms with Crippen LogP contribution in [0.3, 0.4) is 0 Å². The van der Waals surface area contributed by atoms with Gasteiger partial charge in [0.1, 0.15) is 0 Å². The lowest BCUT2D eigenvalue weighted by molar-refractivity contribution is -0.140. The highest BCUT2D eigenvalue weighted by atomic mass is 16.6. The third kappa shape index (κ3) is 3.57. The summed E-state index contributed by atoms with van der Waals surface area (Å²) < 4.78 is 0. The first-order valence-corrected chi connectivity index (χ1v) is 6.79. The summed E-state index contributed by atoms with van der Waals surface area (Å²) in [6.45, 7) is 2.22. The summed E-state index contributed by atoms with van der Waals surface area (Å²) in [4.78, 5) is 19.0. The summed E-state index contributed by atoms with van der Waals surface area (Å²) in [5.41, 5.74) is 1.78. The number of amides is 1. The van der Waals surface area contributed by atoms with Gasteiger partial charge in [-0.15, -0.1) is 0 Å². The lowest BCUT2D eigenvalue weighted by atomic mass is 10.0. The Morgan fingerprint density at radius 1 is 1.50 bits per heavy atom. The molecule has 1 N–H and O–H groups in total. The van der Waals surface area contributed by atoms with Gasteiger partial charge in [-0.1, -0.05) is 35.5 Å². The first-order valence-electron chi connectivity index (χ1n) is 6.79. The van der Waals surface area contributed by atoms with Crippen molar-refractivity contribution in [1.29, 1.82) is 0 Å². The minimum absolute atomic E-state index is 0.0969. The van der Waals surface area contributed by atoms with Crippen molar-refractivity contribution in [3.05, 3.63) is 35.9 Å². The van der Waals surface area contributed by atoms with Crippen LogP contribution in [-0.2, 0) is 9.63 Å². The number of benzene rings is 1. The average molecular weight is 276 g/mol. The molecule has 20 heavy (non-hydrogen) atoms. The maximum atomic E-state index is 12.2. The van der Waals surface area contributed by atoms with Crippen molar-refractivity contribution < 1.29 is 14.7 Å². The molecule has 0 spiro atoms. The summed E-state index contributed by atoms with van der Waals surface area (Å²) in [7, 11) is 1.72. The van der Waals surface area contributed by atoms with Crippen LogP contribution in [0, 0.1) is 0 Å².